The third-order valence-electron chi connectivity index (χ3n) is 3.50. The topological polar surface area (TPSA) is 70.0 Å². The Morgan fingerprint density at radius 3 is 2.33 bits per heavy atom. The van der Waals surface area contributed by atoms with Crippen LogP contribution in [0.5, 0.6) is 0 Å². The molecule has 5 nitrogen and oxygen atoms in total. The van der Waals surface area contributed by atoms with Crippen LogP contribution >= 0.6 is 11.8 Å². The Morgan fingerprint density at radius 1 is 1.12 bits per heavy atom. The van der Waals surface area contributed by atoms with Crippen molar-refractivity contribution in [3.8, 4) is 0 Å². The van der Waals surface area contributed by atoms with Crippen LogP contribution in [-0.2, 0) is 10.1 Å². The van der Waals surface area contributed by atoms with Gasteiger partial charge in [-0.2, -0.15) is 8.42 Å². The smallest absolute Gasteiger partial charge is 0.291 e. The number of benzene rings is 2. The number of halogens is 2. The normalized spacial score (nSPS) is 17.4. The largest absolute Gasteiger partial charge is 0.292 e. The Morgan fingerprint density at radius 2 is 1.75 bits per heavy atom. The van der Waals surface area contributed by atoms with Crippen molar-refractivity contribution in [1.29, 1.82) is 0 Å². The van der Waals surface area contributed by atoms with Crippen LogP contribution in [-0.4, -0.2) is 24.4 Å². The first-order valence-corrected chi connectivity index (χ1v) is 9.48. The Bertz CT molecular complexity index is 912. The Balaban J connectivity index is 2.34. The SMILES string of the molecule is CSC1=Nc2ccccc2C(S(=O)(=O)O)N1c1c(F)cccc1F. The van der Waals surface area contributed by atoms with Crippen molar-refractivity contribution in [2.24, 2.45) is 4.99 Å². The van der Waals surface area contributed by atoms with E-state index in [2.05, 4.69) is 4.99 Å². The number of thioether (sulfide) groups is 1. The van der Waals surface area contributed by atoms with Gasteiger partial charge in [0.05, 0.1) is 5.69 Å². The molecule has 0 saturated carbocycles. The van der Waals surface area contributed by atoms with Gasteiger partial charge in [-0.3, -0.25) is 9.45 Å². The van der Waals surface area contributed by atoms with Crippen LogP contribution in [0.25, 0.3) is 0 Å². The molecule has 0 amide bonds. The zero-order valence-electron chi connectivity index (χ0n) is 12.3. The summed E-state index contributed by atoms with van der Waals surface area (Å²) in [5.41, 5.74) is -0.124. The highest BCUT2D eigenvalue weighted by Gasteiger charge is 2.41. The molecule has 2 aromatic rings. The van der Waals surface area contributed by atoms with Gasteiger partial charge in [0, 0.05) is 5.56 Å². The van der Waals surface area contributed by atoms with Crippen LogP contribution in [0.15, 0.2) is 47.5 Å². The first-order chi connectivity index (χ1) is 11.3. The molecule has 126 valence electrons. The Kier molecular flexibility index (Phi) is 4.33. The molecule has 1 unspecified atom stereocenters. The summed E-state index contributed by atoms with van der Waals surface area (Å²) in [7, 11) is -4.71. The molecule has 0 bridgehead atoms. The number of hydrogen-bond acceptors (Lipinski definition) is 5. The third-order valence-corrected chi connectivity index (χ3v) is 5.18. The van der Waals surface area contributed by atoms with Gasteiger partial charge in [0.15, 0.2) is 10.5 Å². The van der Waals surface area contributed by atoms with Crippen molar-refractivity contribution in [1.82, 2.24) is 0 Å². The zero-order valence-corrected chi connectivity index (χ0v) is 14.0. The second-order valence-electron chi connectivity index (χ2n) is 4.96. The molecular formula is C15H12F2N2O3S2. The highest BCUT2D eigenvalue weighted by Crippen LogP contribution is 2.43. The molecule has 0 fully saturated rings. The number of fused-ring (bicyclic) bond motifs is 1. The summed E-state index contributed by atoms with van der Waals surface area (Å²) in [6.07, 6.45) is 1.60. The molecule has 24 heavy (non-hydrogen) atoms. The molecule has 0 saturated heterocycles. The van der Waals surface area contributed by atoms with Gasteiger partial charge in [-0.25, -0.2) is 13.8 Å². The van der Waals surface area contributed by atoms with Crippen molar-refractivity contribution >= 4 is 38.4 Å². The maximum absolute atomic E-state index is 14.3. The molecule has 2 aromatic carbocycles. The second kappa shape index (κ2) is 6.15. The predicted octanol–water partition coefficient (Wildman–Crippen LogP) is 3.72. The molecule has 3 rings (SSSR count). The molecule has 1 aliphatic rings. The number of anilines is 1. The van der Waals surface area contributed by atoms with Gasteiger partial charge in [0.1, 0.15) is 17.3 Å². The molecule has 0 aliphatic carbocycles. The van der Waals surface area contributed by atoms with E-state index in [1.165, 1.54) is 12.1 Å². The summed E-state index contributed by atoms with van der Waals surface area (Å²) in [5, 5.41) is -1.64. The van der Waals surface area contributed by atoms with Gasteiger partial charge < -0.3 is 0 Å². The van der Waals surface area contributed by atoms with E-state index in [0.29, 0.717) is 5.69 Å². The number of nitrogens with zero attached hydrogens (tertiary/aromatic N) is 2. The van der Waals surface area contributed by atoms with Gasteiger partial charge in [-0.1, -0.05) is 36.0 Å². The van der Waals surface area contributed by atoms with Crippen molar-refractivity contribution in [3.63, 3.8) is 0 Å². The van der Waals surface area contributed by atoms with E-state index < -0.39 is 32.8 Å². The fraction of sp³-hybridized carbons (Fsp3) is 0.133. The average Bonchev–Trinajstić information content (AvgIpc) is 2.52. The number of aliphatic imine (C=N–C) groups is 1. The summed E-state index contributed by atoms with van der Waals surface area (Å²) in [4.78, 5) is 5.13. The maximum Gasteiger partial charge on any atom is 0.291 e. The number of amidine groups is 1. The van der Waals surface area contributed by atoms with Crippen molar-refractivity contribution in [2.75, 3.05) is 11.2 Å². The summed E-state index contributed by atoms with van der Waals surface area (Å²) in [6.45, 7) is 0. The first-order valence-electron chi connectivity index (χ1n) is 6.75. The van der Waals surface area contributed by atoms with Gasteiger partial charge in [0.25, 0.3) is 10.1 Å². The lowest BCUT2D eigenvalue weighted by Gasteiger charge is -2.35. The molecule has 1 N–H and O–H groups in total. The van der Waals surface area contributed by atoms with Crippen LogP contribution in [0.1, 0.15) is 10.9 Å². The minimum Gasteiger partial charge on any atom is -0.292 e. The lowest BCUT2D eigenvalue weighted by Crippen LogP contribution is -2.40. The molecule has 0 spiro atoms. The highest BCUT2D eigenvalue weighted by atomic mass is 32.2. The van der Waals surface area contributed by atoms with E-state index in [1.807, 2.05) is 0 Å². The van der Waals surface area contributed by atoms with Gasteiger partial charge in [-0.15, -0.1) is 0 Å². The summed E-state index contributed by atoms with van der Waals surface area (Å²) in [5.74, 6) is -1.91. The van der Waals surface area contributed by atoms with Crippen molar-refractivity contribution < 1.29 is 21.8 Å². The van der Waals surface area contributed by atoms with E-state index in [-0.39, 0.29) is 10.7 Å². The van der Waals surface area contributed by atoms with Crippen LogP contribution in [0, 0.1) is 11.6 Å². The van der Waals surface area contributed by atoms with Gasteiger partial charge in [0.2, 0.25) is 0 Å². The van der Waals surface area contributed by atoms with E-state index in [4.69, 9.17) is 0 Å². The molecule has 9 heteroatoms. The number of hydrogen-bond donors (Lipinski definition) is 1. The molecular weight excluding hydrogens is 358 g/mol. The maximum atomic E-state index is 14.3. The minimum atomic E-state index is -4.71. The third kappa shape index (κ3) is 2.79. The monoisotopic (exact) mass is 370 g/mol. The zero-order chi connectivity index (χ0) is 17.5. The van der Waals surface area contributed by atoms with Crippen molar-refractivity contribution in [3.05, 3.63) is 59.7 Å². The lowest BCUT2D eigenvalue weighted by molar-refractivity contribution is 0.468. The van der Waals surface area contributed by atoms with Gasteiger partial charge in [-0.05, 0) is 24.5 Å². The fourth-order valence-electron chi connectivity index (χ4n) is 2.56. The number of rotatable bonds is 2. The second-order valence-corrected chi connectivity index (χ2v) is 7.21. The highest BCUT2D eigenvalue weighted by molar-refractivity contribution is 8.13. The van der Waals surface area contributed by atoms with E-state index in [1.54, 1.807) is 24.5 Å². The van der Waals surface area contributed by atoms with E-state index >= 15 is 0 Å². The van der Waals surface area contributed by atoms with Crippen LogP contribution in [0.4, 0.5) is 20.2 Å². The molecule has 0 aromatic heterocycles. The van der Waals surface area contributed by atoms with Crippen LogP contribution < -0.4 is 4.90 Å². The minimum absolute atomic E-state index is 0.0559. The molecule has 1 atom stereocenters. The predicted molar refractivity (Wildman–Crippen MR) is 90.2 cm³/mol. The lowest BCUT2D eigenvalue weighted by atomic mass is 10.1. The van der Waals surface area contributed by atoms with E-state index in [9.17, 15) is 21.8 Å². The Hall–Kier alpha value is -1.97. The molecule has 1 heterocycles. The fourth-order valence-corrected chi connectivity index (χ4v) is 4.21. The van der Waals surface area contributed by atoms with Crippen LogP contribution in [0.3, 0.4) is 0 Å². The standard InChI is InChI=1S/C15H12F2N2O3S2/c1-23-15-18-12-8-3-2-5-9(12)14(24(20,21)22)19(15)13-10(16)6-4-7-11(13)17/h2-8,14H,1H3,(H,20,21,22). The van der Waals surface area contributed by atoms with Crippen molar-refractivity contribution in [2.45, 2.75) is 5.37 Å². The molecule has 0 radical (unpaired) electrons. The Labute approximate surface area is 141 Å². The van der Waals surface area contributed by atoms with Gasteiger partial charge >= 0.3 is 0 Å². The van der Waals surface area contributed by atoms with Crippen LogP contribution in [0.2, 0.25) is 0 Å². The first kappa shape index (κ1) is 16.9. The average molecular weight is 370 g/mol. The quantitative estimate of drug-likeness (QED) is 0.816. The number of para-hydroxylation sites is 2. The summed E-state index contributed by atoms with van der Waals surface area (Å²) in [6, 6.07) is 9.42. The molecule has 1 aliphatic heterocycles. The summed E-state index contributed by atoms with van der Waals surface area (Å²) >= 11 is 1.02. The summed E-state index contributed by atoms with van der Waals surface area (Å²) < 4.78 is 62.3. The van der Waals surface area contributed by atoms with E-state index in [0.717, 1.165) is 28.8 Å².